The van der Waals surface area contributed by atoms with E-state index in [9.17, 15) is 18.3 Å². The van der Waals surface area contributed by atoms with Crippen molar-refractivity contribution < 1.29 is 18.3 Å². The first-order valence-corrected chi connectivity index (χ1v) is 9.72. The summed E-state index contributed by atoms with van der Waals surface area (Å²) in [4.78, 5) is 25.5. The first kappa shape index (κ1) is 16.3. The molecule has 134 valence electrons. The van der Waals surface area contributed by atoms with Crippen molar-refractivity contribution in [1.82, 2.24) is 19.3 Å². The summed E-state index contributed by atoms with van der Waals surface area (Å²) in [6.45, 7) is 2.52. The summed E-state index contributed by atoms with van der Waals surface area (Å²) in [5.74, 6) is -0.552. The molecule has 4 rings (SSSR count). The van der Waals surface area contributed by atoms with Gasteiger partial charge in [-0.25, -0.2) is 22.7 Å². The summed E-state index contributed by atoms with van der Waals surface area (Å²) < 4.78 is 25.7. The molecule has 2 atom stereocenters. The lowest BCUT2D eigenvalue weighted by Gasteiger charge is -2.25. The largest absolute Gasteiger partial charge is 0.481 e. The topological polar surface area (TPSA) is 119 Å². The van der Waals surface area contributed by atoms with E-state index in [1.54, 1.807) is 13.1 Å². The molecule has 0 aliphatic carbocycles. The smallest absolute Gasteiger partial charge is 0.313 e. The average molecular weight is 365 g/mol. The highest BCUT2D eigenvalue weighted by Crippen LogP contribution is 2.45. The lowest BCUT2D eigenvalue weighted by Crippen LogP contribution is -2.42. The third-order valence-electron chi connectivity index (χ3n) is 5.39. The fraction of sp³-hybridized carbons (Fsp3) is 0.533. The van der Waals surface area contributed by atoms with Crippen molar-refractivity contribution in [3.63, 3.8) is 0 Å². The van der Waals surface area contributed by atoms with Crippen LogP contribution in [-0.2, 0) is 14.8 Å². The zero-order valence-corrected chi connectivity index (χ0v) is 14.5. The fourth-order valence-corrected chi connectivity index (χ4v) is 5.19. The van der Waals surface area contributed by atoms with Gasteiger partial charge in [-0.05, 0) is 13.0 Å². The number of aliphatic carboxylic acids is 1. The van der Waals surface area contributed by atoms with Crippen LogP contribution in [0.15, 0.2) is 18.6 Å². The van der Waals surface area contributed by atoms with Crippen LogP contribution in [0.25, 0.3) is 11.0 Å². The minimum absolute atomic E-state index is 0.0149. The maximum Gasteiger partial charge on any atom is 0.313 e. The molecule has 10 heteroatoms. The molecule has 4 heterocycles. The van der Waals surface area contributed by atoms with Gasteiger partial charge in [0, 0.05) is 38.3 Å². The third kappa shape index (κ3) is 2.31. The van der Waals surface area contributed by atoms with E-state index in [-0.39, 0.29) is 31.3 Å². The number of hydrogen-bond donors (Lipinski definition) is 2. The van der Waals surface area contributed by atoms with Gasteiger partial charge in [-0.3, -0.25) is 4.79 Å². The number of fused-ring (bicyclic) bond motifs is 2. The van der Waals surface area contributed by atoms with Crippen LogP contribution < -0.4 is 4.90 Å². The molecule has 0 amide bonds. The highest BCUT2D eigenvalue weighted by Gasteiger charge is 2.59. The molecule has 2 aromatic heterocycles. The standard InChI is InChI=1S/C15H19N5O4S/c1-2-25(23,24)20-6-10-5-19(7-15(10,8-20)14(21)22)13-11-3-4-16-12(11)17-9-18-13/h3-4,9-10H,2,5-8H2,1H3,(H,21,22)(H,16,17,18)/t10-,15-/m1/s1. The van der Waals surface area contributed by atoms with E-state index >= 15 is 0 Å². The van der Waals surface area contributed by atoms with Gasteiger partial charge in [0.15, 0.2) is 0 Å². The molecular formula is C15H19N5O4S. The Hall–Kier alpha value is -2.20. The molecule has 2 saturated heterocycles. The van der Waals surface area contributed by atoms with Crippen molar-refractivity contribution in [2.45, 2.75) is 6.92 Å². The van der Waals surface area contributed by atoms with Crippen LogP contribution in [0.3, 0.4) is 0 Å². The molecule has 0 radical (unpaired) electrons. The quantitative estimate of drug-likeness (QED) is 0.790. The molecule has 2 fully saturated rings. The number of aromatic amines is 1. The predicted octanol–water partition coefficient (Wildman–Crippen LogP) is 0.130. The molecule has 2 aliphatic rings. The monoisotopic (exact) mass is 365 g/mol. The van der Waals surface area contributed by atoms with E-state index in [1.165, 1.54) is 10.6 Å². The van der Waals surface area contributed by atoms with E-state index in [4.69, 9.17) is 0 Å². The normalized spacial score (nSPS) is 27.1. The molecule has 0 bridgehead atoms. The number of sulfonamides is 1. The molecule has 0 unspecified atom stereocenters. The van der Waals surface area contributed by atoms with E-state index < -0.39 is 21.4 Å². The van der Waals surface area contributed by atoms with Gasteiger partial charge in [0.2, 0.25) is 10.0 Å². The Morgan fingerprint density at radius 2 is 2.20 bits per heavy atom. The van der Waals surface area contributed by atoms with Crippen LogP contribution in [0.4, 0.5) is 5.82 Å². The zero-order chi connectivity index (χ0) is 17.8. The first-order valence-electron chi connectivity index (χ1n) is 8.11. The van der Waals surface area contributed by atoms with Crippen LogP contribution in [-0.4, -0.2) is 70.7 Å². The lowest BCUT2D eigenvalue weighted by molar-refractivity contribution is -0.148. The molecule has 9 nitrogen and oxygen atoms in total. The zero-order valence-electron chi connectivity index (χ0n) is 13.7. The second-order valence-corrected chi connectivity index (χ2v) is 8.93. The summed E-state index contributed by atoms with van der Waals surface area (Å²) in [6.07, 6.45) is 3.21. The summed E-state index contributed by atoms with van der Waals surface area (Å²) >= 11 is 0. The van der Waals surface area contributed by atoms with Crippen LogP contribution in [0, 0.1) is 11.3 Å². The van der Waals surface area contributed by atoms with Crippen LogP contribution in [0.1, 0.15) is 6.92 Å². The van der Waals surface area contributed by atoms with Crippen molar-refractivity contribution in [3.8, 4) is 0 Å². The second kappa shape index (κ2) is 5.40. The Bertz CT molecular complexity index is 942. The number of H-pyrrole nitrogens is 1. The van der Waals surface area contributed by atoms with Gasteiger partial charge >= 0.3 is 5.97 Å². The van der Waals surface area contributed by atoms with Gasteiger partial charge in [0.05, 0.1) is 11.1 Å². The fourth-order valence-electron chi connectivity index (χ4n) is 3.99. The molecule has 2 aromatic rings. The number of hydrogen-bond acceptors (Lipinski definition) is 6. The Morgan fingerprint density at radius 1 is 1.40 bits per heavy atom. The van der Waals surface area contributed by atoms with E-state index in [0.717, 1.165) is 5.39 Å². The second-order valence-electron chi connectivity index (χ2n) is 6.67. The number of rotatable bonds is 4. The number of carbonyl (C=O) groups is 1. The number of anilines is 1. The van der Waals surface area contributed by atoms with Crippen LogP contribution in [0.2, 0.25) is 0 Å². The number of carboxylic acid groups (broad SMARTS) is 1. The molecule has 0 aromatic carbocycles. The molecule has 2 N–H and O–H groups in total. The average Bonchev–Trinajstić information content (AvgIpc) is 3.26. The summed E-state index contributed by atoms with van der Waals surface area (Å²) in [5, 5.41) is 10.7. The van der Waals surface area contributed by atoms with E-state index in [2.05, 4.69) is 15.0 Å². The summed E-state index contributed by atoms with van der Waals surface area (Å²) in [5.41, 5.74) is -0.405. The Kier molecular flexibility index (Phi) is 3.51. The van der Waals surface area contributed by atoms with Crippen molar-refractivity contribution in [2.24, 2.45) is 11.3 Å². The first-order chi connectivity index (χ1) is 11.9. The molecule has 0 spiro atoms. The van der Waals surface area contributed by atoms with Crippen LogP contribution >= 0.6 is 0 Å². The van der Waals surface area contributed by atoms with Gasteiger partial charge in [-0.2, -0.15) is 0 Å². The van der Waals surface area contributed by atoms with Crippen molar-refractivity contribution in [2.75, 3.05) is 36.8 Å². The molecule has 25 heavy (non-hydrogen) atoms. The van der Waals surface area contributed by atoms with E-state index in [0.29, 0.717) is 18.0 Å². The number of aromatic nitrogens is 3. The van der Waals surface area contributed by atoms with Crippen molar-refractivity contribution >= 4 is 32.8 Å². The Morgan fingerprint density at radius 3 is 2.88 bits per heavy atom. The summed E-state index contributed by atoms with van der Waals surface area (Å²) in [6, 6.07) is 1.86. The number of nitrogens with zero attached hydrogens (tertiary/aromatic N) is 4. The van der Waals surface area contributed by atoms with Crippen molar-refractivity contribution in [1.29, 1.82) is 0 Å². The van der Waals surface area contributed by atoms with Gasteiger partial charge in [0.1, 0.15) is 23.2 Å². The maximum atomic E-state index is 12.2. The lowest BCUT2D eigenvalue weighted by atomic mass is 9.81. The Balaban J connectivity index is 1.69. The summed E-state index contributed by atoms with van der Waals surface area (Å²) in [7, 11) is -3.40. The minimum atomic E-state index is -3.40. The predicted molar refractivity (Wildman–Crippen MR) is 90.7 cm³/mol. The van der Waals surface area contributed by atoms with Gasteiger partial charge < -0.3 is 15.0 Å². The van der Waals surface area contributed by atoms with Crippen molar-refractivity contribution in [3.05, 3.63) is 18.6 Å². The van der Waals surface area contributed by atoms with Crippen LogP contribution in [0.5, 0.6) is 0 Å². The number of nitrogens with one attached hydrogen (secondary N) is 1. The SMILES string of the molecule is CCS(=O)(=O)N1C[C@H]2CN(c3ncnc4[nH]ccc34)C[C@@]2(C(=O)O)C1. The number of carboxylic acids is 1. The minimum Gasteiger partial charge on any atom is -0.481 e. The molecule has 2 aliphatic heterocycles. The van der Waals surface area contributed by atoms with Gasteiger partial charge in [0.25, 0.3) is 0 Å². The van der Waals surface area contributed by atoms with Gasteiger partial charge in [-0.15, -0.1) is 0 Å². The maximum absolute atomic E-state index is 12.2. The van der Waals surface area contributed by atoms with Gasteiger partial charge in [-0.1, -0.05) is 0 Å². The highest BCUT2D eigenvalue weighted by molar-refractivity contribution is 7.89. The highest BCUT2D eigenvalue weighted by atomic mass is 32.2. The third-order valence-corrected chi connectivity index (χ3v) is 7.19. The molecule has 0 saturated carbocycles. The molecular weight excluding hydrogens is 346 g/mol. The Labute approximate surface area is 144 Å². The van der Waals surface area contributed by atoms with E-state index in [1.807, 2.05) is 11.0 Å².